The molecule has 308 valence electrons. The first-order valence-corrected chi connectivity index (χ1v) is 20.5. The van der Waals surface area contributed by atoms with E-state index in [2.05, 4.69) is 45.2 Å². The van der Waals surface area contributed by atoms with E-state index in [4.69, 9.17) is 21.4 Å². The second-order valence-corrected chi connectivity index (χ2v) is 15.8. The number of imide groups is 2. The lowest BCUT2D eigenvalue weighted by Crippen LogP contribution is -2.54. The van der Waals surface area contributed by atoms with Crippen LogP contribution in [-0.2, 0) is 26.3 Å². The summed E-state index contributed by atoms with van der Waals surface area (Å²) < 4.78 is 2.01. The first kappa shape index (κ1) is 39.2. The van der Waals surface area contributed by atoms with Crippen molar-refractivity contribution in [3.8, 4) is 28.3 Å². The fraction of sp³-hybridized carbons (Fsp3) is 0.261. The van der Waals surface area contributed by atoms with Crippen LogP contribution in [0.2, 0.25) is 0 Å². The van der Waals surface area contributed by atoms with Gasteiger partial charge in [-0.05, 0) is 104 Å². The Morgan fingerprint density at radius 2 is 1.69 bits per heavy atom. The van der Waals surface area contributed by atoms with E-state index >= 15 is 0 Å². The predicted molar refractivity (Wildman–Crippen MR) is 229 cm³/mol. The van der Waals surface area contributed by atoms with Crippen molar-refractivity contribution in [2.24, 2.45) is 5.73 Å². The summed E-state index contributed by atoms with van der Waals surface area (Å²) in [6.45, 7) is 0.821. The van der Waals surface area contributed by atoms with Gasteiger partial charge in [-0.1, -0.05) is 36.4 Å². The van der Waals surface area contributed by atoms with Crippen LogP contribution in [0.15, 0.2) is 97.2 Å². The molecule has 9 rings (SSSR count). The third-order valence-corrected chi connectivity index (χ3v) is 11.9. The van der Waals surface area contributed by atoms with Crippen molar-refractivity contribution >= 4 is 52.2 Å². The molecule has 2 aliphatic heterocycles. The van der Waals surface area contributed by atoms with Crippen LogP contribution in [0.1, 0.15) is 76.8 Å². The molecule has 0 bridgehead atoms. The van der Waals surface area contributed by atoms with E-state index in [9.17, 15) is 24.0 Å². The van der Waals surface area contributed by atoms with Crippen molar-refractivity contribution < 1.29 is 24.0 Å². The van der Waals surface area contributed by atoms with Gasteiger partial charge in [0, 0.05) is 54.6 Å². The number of carbonyl (C=O) groups is 5. The topological polar surface area (TPSA) is 220 Å². The molecule has 2 fully saturated rings. The van der Waals surface area contributed by atoms with Crippen molar-refractivity contribution in [2.45, 2.75) is 62.9 Å². The summed E-state index contributed by atoms with van der Waals surface area (Å²) in [5.74, 6) is -1.31. The van der Waals surface area contributed by atoms with Gasteiger partial charge in [-0.3, -0.25) is 38.8 Å². The maximum atomic E-state index is 13.4. The van der Waals surface area contributed by atoms with E-state index < -0.39 is 29.7 Å². The minimum Gasteiger partial charge on any atom is -0.384 e. The molecule has 3 aromatic carbocycles. The molecule has 3 aliphatic rings. The number of nitrogens with two attached hydrogens (primary N) is 2. The highest BCUT2D eigenvalue weighted by molar-refractivity contribution is 6.25. The lowest BCUT2D eigenvalue weighted by atomic mass is 9.73. The third-order valence-electron chi connectivity index (χ3n) is 11.9. The molecule has 0 radical (unpaired) electrons. The Balaban J connectivity index is 0.834. The lowest BCUT2D eigenvalue weighted by Gasteiger charge is -2.38. The number of hydrogen-bond acceptors (Lipinski definition) is 11. The Hall–Kier alpha value is -7.26. The number of anilines is 2. The zero-order valence-electron chi connectivity index (χ0n) is 33.3. The SMILES string of the molecule is Nc1ncccc1-c1nc2ccc(-c3cccc(CCC(=O)NCCCNc4cccc5c4C(=O)N(C4CCC(=O)NC4=O)C5=O)c3)nc2n1-c1ccc(C2(N)CCC2)cc1. The number of rotatable bonds is 13. The van der Waals surface area contributed by atoms with Gasteiger partial charge in [0.05, 0.1) is 22.4 Å². The number of nitrogens with zero attached hydrogens (tertiary/aromatic N) is 5. The molecule has 1 saturated carbocycles. The summed E-state index contributed by atoms with van der Waals surface area (Å²) in [6, 6.07) is 27.8. The Labute approximate surface area is 351 Å². The van der Waals surface area contributed by atoms with Crippen LogP contribution < -0.4 is 27.4 Å². The van der Waals surface area contributed by atoms with Crippen LogP contribution >= 0.6 is 0 Å². The molecular weight excluding hydrogens is 773 g/mol. The second-order valence-electron chi connectivity index (χ2n) is 15.8. The maximum absolute atomic E-state index is 13.4. The summed E-state index contributed by atoms with van der Waals surface area (Å²) >= 11 is 0. The zero-order chi connectivity index (χ0) is 42.3. The molecule has 1 unspecified atom stereocenters. The molecule has 15 heteroatoms. The summed E-state index contributed by atoms with van der Waals surface area (Å²) in [4.78, 5) is 78.9. The standard InChI is InChI=1S/C46H44N10O5/c47-40-32(9-3-23-51-40)41-53-35-17-16-33(52-42(35)55(41)30-14-12-29(13-15-30)46(48)21-4-22-46)28-7-1-6-27(26-28)11-19-37(57)50-25-5-24-49-34-10-2-8-31-39(34)45(61)56(44(31)60)36-18-20-38(58)54-43(36)59/h1-3,6-10,12-17,23,26,36,49H,4-5,11,18-22,24-25,48H2,(H2,47,51)(H,50,57)(H,54,58,59). The molecule has 1 saturated heterocycles. The number of nitrogens with one attached hydrogen (secondary N) is 3. The Morgan fingerprint density at radius 3 is 2.46 bits per heavy atom. The normalized spacial score (nSPS) is 16.9. The van der Waals surface area contributed by atoms with E-state index in [0.29, 0.717) is 60.0 Å². The van der Waals surface area contributed by atoms with Gasteiger partial charge in [0.1, 0.15) is 17.4 Å². The number of carbonyl (C=O) groups excluding carboxylic acids is 5. The smallest absolute Gasteiger partial charge is 0.264 e. The molecule has 0 spiro atoms. The first-order valence-electron chi connectivity index (χ1n) is 20.5. The highest BCUT2D eigenvalue weighted by Crippen LogP contribution is 2.40. The van der Waals surface area contributed by atoms with Crippen LogP contribution in [0.25, 0.3) is 39.5 Å². The molecule has 15 nitrogen and oxygen atoms in total. The number of pyridine rings is 2. The van der Waals surface area contributed by atoms with Gasteiger partial charge in [0.25, 0.3) is 11.8 Å². The Kier molecular flexibility index (Phi) is 10.3. The van der Waals surface area contributed by atoms with Crippen LogP contribution in [-0.4, -0.2) is 73.1 Å². The molecule has 6 aromatic rings. The van der Waals surface area contributed by atoms with Crippen molar-refractivity contribution in [2.75, 3.05) is 24.1 Å². The predicted octanol–water partition coefficient (Wildman–Crippen LogP) is 5.02. The third kappa shape index (κ3) is 7.48. The van der Waals surface area contributed by atoms with Crippen molar-refractivity contribution in [1.29, 1.82) is 0 Å². The average molecular weight is 817 g/mol. The summed E-state index contributed by atoms with van der Waals surface area (Å²) in [7, 11) is 0. The van der Waals surface area contributed by atoms with Crippen molar-refractivity contribution in [1.82, 2.24) is 35.1 Å². The number of imidazole rings is 1. The largest absolute Gasteiger partial charge is 0.384 e. The summed E-state index contributed by atoms with van der Waals surface area (Å²) in [6.07, 6.45) is 6.21. The van der Waals surface area contributed by atoms with Crippen LogP contribution in [0.5, 0.6) is 0 Å². The zero-order valence-corrected chi connectivity index (χ0v) is 33.3. The Bertz CT molecular complexity index is 2740. The van der Waals surface area contributed by atoms with Gasteiger partial charge >= 0.3 is 0 Å². The number of amides is 5. The van der Waals surface area contributed by atoms with E-state index in [1.165, 1.54) is 0 Å². The maximum Gasteiger partial charge on any atom is 0.264 e. The Morgan fingerprint density at radius 1 is 0.885 bits per heavy atom. The number of piperidine rings is 1. The van der Waals surface area contributed by atoms with Gasteiger partial charge in [-0.2, -0.15) is 0 Å². The summed E-state index contributed by atoms with van der Waals surface area (Å²) in [5, 5.41) is 8.39. The molecule has 5 amide bonds. The number of aromatic nitrogens is 4. The van der Waals surface area contributed by atoms with Crippen molar-refractivity contribution in [3.63, 3.8) is 0 Å². The van der Waals surface area contributed by atoms with E-state index in [1.807, 2.05) is 53.1 Å². The minimum absolute atomic E-state index is 0.0495. The van der Waals surface area contributed by atoms with E-state index in [1.54, 1.807) is 24.4 Å². The summed E-state index contributed by atoms with van der Waals surface area (Å²) in [5.41, 5.74) is 20.3. The molecule has 7 N–H and O–H groups in total. The van der Waals surface area contributed by atoms with Crippen LogP contribution in [0.4, 0.5) is 11.5 Å². The van der Waals surface area contributed by atoms with Gasteiger partial charge in [-0.25, -0.2) is 15.0 Å². The quantitative estimate of drug-likeness (QED) is 0.0770. The fourth-order valence-corrected chi connectivity index (χ4v) is 8.37. The fourth-order valence-electron chi connectivity index (χ4n) is 8.37. The lowest BCUT2D eigenvalue weighted by molar-refractivity contribution is -0.136. The van der Waals surface area contributed by atoms with E-state index in [0.717, 1.165) is 52.2 Å². The molecule has 5 heterocycles. The first-order chi connectivity index (χ1) is 29.6. The number of aryl methyl sites for hydroxylation is 1. The van der Waals surface area contributed by atoms with Gasteiger partial charge < -0.3 is 22.1 Å². The molecule has 1 aliphatic carbocycles. The molecule has 61 heavy (non-hydrogen) atoms. The highest BCUT2D eigenvalue weighted by atomic mass is 16.2. The highest BCUT2D eigenvalue weighted by Gasteiger charge is 2.45. The monoisotopic (exact) mass is 816 g/mol. The van der Waals surface area contributed by atoms with Gasteiger partial charge in [0.15, 0.2) is 11.5 Å². The van der Waals surface area contributed by atoms with E-state index in [-0.39, 0.29) is 41.8 Å². The number of hydrogen-bond donors (Lipinski definition) is 5. The van der Waals surface area contributed by atoms with Crippen LogP contribution in [0, 0.1) is 0 Å². The number of fused-ring (bicyclic) bond motifs is 2. The molecule has 1 atom stereocenters. The van der Waals surface area contributed by atoms with Gasteiger partial charge in [-0.15, -0.1) is 0 Å². The molecule has 3 aromatic heterocycles. The average Bonchev–Trinajstić information content (AvgIpc) is 3.76. The van der Waals surface area contributed by atoms with Crippen molar-refractivity contribution in [3.05, 3.63) is 119 Å². The van der Waals surface area contributed by atoms with Gasteiger partial charge in [0.2, 0.25) is 17.7 Å². The number of benzene rings is 3. The molecular formula is C46H44N10O5. The minimum atomic E-state index is -1.04. The van der Waals surface area contributed by atoms with Crippen LogP contribution in [0.3, 0.4) is 0 Å². The number of nitrogen functional groups attached to an aromatic ring is 1. The second kappa shape index (κ2) is 16.1.